The zero-order chi connectivity index (χ0) is 91.4. The Morgan fingerprint density at radius 1 is 0.456 bits per heavy atom. The van der Waals surface area contributed by atoms with Crippen LogP contribution in [0, 0.1) is 11.8 Å². The van der Waals surface area contributed by atoms with E-state index in [9.17, 15) is 34.2 Å². The number of aliphatic hydroxyl groups is 1. The third-order valence-electron chi connectivity index (χ3n) is 24.2. The highest BCUT2D eigenvalue weighted by Gasteiger charge is 2.50. The molecule has 0 unspecified atom stereocenters. The van der Waals surface area contributed by atoms with Gasteiger partial charge in [0.1, 0.15) is 11.2 Å². The van der Waals surface area contributed by atoms with Crippen LogP contribution in [0.25, 0.3) is 0 Å². The van der Waals surface area contributed by atoms with Gasteiger partial charge in [-0.05, 0) is 302 Å². The monoisotopic (exact) mass is 1790 g/mol. The average Bonchev–Trinajstić information content (AvgIpc) is 1.05. The Bertz CT molecular complexity index is 4900. The topological polar surface area (TPSA) is 226 Å². The molecule has 1 saturated carbocycles. The molecule has 19 nitrogen and oxygen atoms in total. The van der Waals surface area contributed by atoms with Crippen LogP contribution in [0.3, 0.4) is 0 Å². The molecule has 6 aromatic carbocycles. The summed E-state index contributed by atoms with van der Waals surface area (Å²) in [6.07, 6.45) is 17.4. The Balaban J connectivity index is 0.000000204. The van der Waals surface area contributed by atoms with Crippen molar-refractivity contribution in [3.05, 3.63) is 301 Å². The van der Waals surface area contributed by atoms with Crippen molar-refractivity contribution in [3.8, 4) is 0 Å². The first-order valence-corrected chi connectivity index (χ1v) is 50.5. The standard InChI is InChI=1S/C37H50ClN3O4Si.C30H42ClNO5Si.C27H29ClN2O2.C7H10N2/c1-36(2,3)44-35(43)41-31(23-26-12-14-29(15-13-26)34(42)40(7)25-27-11-10-22-39-24-27)20-21-32(41)33(28-16-18-30(38)19-17-28)45-46(8,9)37(4,5)6;1-29(2,3)36-28(35)32-24(19-20-9-11-22(12-10-20)27(33)34)17-18-25(32)26(21-13-15-23(31)16-14-21)37-38(7,8)30(4,5)6;1-30(18-21-3-2-14-29-17-21)27(32)23-7-4-19(5-8-23)15-20-6-9-24(16-20)26(31)22-10-12-25(28)13-11-22;1-8-5-7-3-2-4-9-6-7/h10-19,22,24,31-33H,20-21,23,25H2,1-9H3;9-16,24-26H,17-19H2,1-8H3,(H,33,34);2-5,7-8,10-14,17,20,24,26,31H,6,9,15-16,18H2,1H3;2-4,6,8H,5H2,1H3/t31-,32+,33+;24-,25+,26+;20-,24-,26+;/m000./s1. The largest absolute Gasteiger partial charge is 0.478 e. The number of carboxylic acid groups (broad SMARTS) is 1. The highest BCUT2D eigenvalue weighted by atomic mass is 35.5. The van der Waals surface area contributed by atoms with Gasteiger partial charge in [-0.1, -0.05) is 167 Å². The second-order valence-electron chi connectivity index (χ2n) is 38.5. The molecule has 2 aliphatic heterocycles. The fraction of sp³-hybridized carbons (Fsp3) is 0.446. The minimum Gasteiger partial charge on any atom is -0.478 e. The summed E-state index contributed by atoms with van der Waals surface area (Å²) < 4.78 is 26.1. The quantitative estimate of drug-likeness (QED) is 0.0452. The van der Waals surface area contributed by atoms with Crippen LogP contribution in [0.5, 0.6) is 0 Å². The number of benzene rings is 6. The van der Waals surface area contributed by atoms with Crippen LogP contribution in [0.2, 0.25) is 51.3 Å². The van der Waals surface area contributed by atoms with Gasteiger partial charge in [0.2, 0.25) is 0 Å². The van der Waals surface area contributed by atoms with Crippen molar-refractivity contribution in [2.75, 3.05) is 21.1 Å². The highest BCUT2D eigenvalue weighted by Crippen LogP contribution is 2.48. The molecule has 0 bridgehead atoms. The summed E-state index contributed by atoms with van der Waals surface area (Å²) in [5.41, 5.74) is 9.69. The molecule has 5 heterocycles. The summed E-state index contributed by atoms with van der Waals surface area (Å²) in [6.45, 7) is 35.5. The van der Waals surface area contributed by atoms with Crippen molar-refractivity contribution in [1.29, 1.82) is 0 Å². The summed E-state index contributed by atoms with van der Waals surface area (Å²) in [6, 6.07) is 56.7. The summed E-state index contributed by atoms with van der Waals surface area (Å²) in [5.74, 6) is -0.172. The van der Waals surface area contributed by atoms with E-state index >= 15 is 0 Å². The summed E-state index contributed by atoms with van der Waals surface area (Å²) >= 11 is 18.5. The number of carbonyl (C=O) groups is 5. The molecule has 0 radical (unpaired) electrons. The van der Waals surface area contributed by atoms with E-state index in [0.717, 1.165) is 96.9 Å². The number of nitrogens with zero attached hydrogens (tertiary/aromatic N) is 7. The number of carboxylic acids is 1. The molecule has 24 heteroatoms. The second-order valence-corrected chi connectivity index (χ2v) is 49.3. The first-order valence-electron chi connectivity index (χ1n) is 43.5. The van der Waals surface area contributed by atoms with Gasteiger partial charge in [-0.25, -0.2) is 14.4 Å². The van der Waals surface area contributed by atoms with Crippen LogP contribution < -0.4 is 5.32 Å². The Morgan fingerprint density at radius 2 is 0.800 bits per heavy atom. The van der Waals surface area contributed by atoms with Gasteiger partial charge in [0, 0.05) is 109 Å². The number of rotatable bonds is 25. The predicted molar refractivity (Wildman–Crippen MR) is 506 cm³/mol. The normalized spacial score (nSPS) is 18.0. The van der Waals surface area contributed by atoms with Crippen molar-refractivity contribution in [3.63, 3.8) is 0 Å². The molecule has 1 aliphatic carbocycles. The number of hydrogen-bond acceptors (Lipinski definition) is 14. The van der Waals surface area contributed by atoms with E-state index in [2.05, 4.69) is 100 Å². The van der Waals surface area contributed by atoms with Gasteiger partial charge in [0.25, 0.3) is 11.8 Å². The maximum absolute atomic E-state index is 14.0. The molecular formula is C101H131Cl3N8O11Si2. The molecule has 12 rings (SSSR count). The predicted octanol–water partition coefficient (Wildman–Crippen LogP) is 23.7. The average molecular weight is 1800 g/mol. The zero-order valence-electron chi connectivity index (χ0n) is 76.5. The van der Waals surface area contributed by atoms with Crippen LogP contribution >= 0.6 is 34.8 Å². The molecule has 3 N–H and O–H groups in total. The van der Waals surface area contributed by atoms with E-state index in [1.165, 1.54) is 11.1 Å². The Morgan fingerprint density at radius 3 is 1.13 bits per heavy atom. The van der Waals surface area contributed by atoms with Gasteiger partial charge in [-0.15, -0.1) is 0 Å². The number of pyridine rings is 3. The minimum atomic E-state index is -2.24. The smallest absolute Gasteiger partial charge is 0.410 e. The van der Waals surface area contributed by atoms with Gasteiger partial charge in [-0.2, -0.15) is 0 Å². The number of aromatic nitrogens is 3. The van der Waals surface area contributed by atoms with Crippen molar-refractivity contribution >= 4 is 81.4 Å². The molecule has 125 heavy (non-hydrogen) atoms. The van der Waals surface area contributed by atoms with Gasteiger partial charge in [0.15, 0.2) is 16.6 Å². The number of halogens is 3. The van der Waals surface area contributed by atoms with Gasteiger partial charge < -0.3 is 43.7 Å². The lowest BCUT2D eigenvalue weighted by Gasteiger charge is -2.43. The van der Waals surface area contributed by atoms with Crippen LogP contribution in [0.4, 0.5) is 9.59 Å². The summed E-state index contributed by atoms with van der Waals surface area (Å²) in [7, 11) is 1.07. The molecular weight excluding hydrogens is 1660 g/mol. The lowest BCUT2D eigenvalue weighted by molar-refractivity contribution is -0.00310. The van der Waals surface area contributed by atoms with Crippen LogP contribution in [0.1, 0.15) is 227 Å². The van der Waals surface area contributed by atoms with E-state index in [0.29, 0.717) is 58.0 Å². The fourth-order valence-electron chi connectivity index (χ4n) is 15.6. The number of likely N-dealkylation sites (tertiary alicyclic amines) is 2. The molecule has 4 amide bonds. The third kappa shape index (κ3) is 29.5. The van der Waals surface area contributed by atoms with Crippen molar-refractivity contribution in [2.24, 2.45) is 11.8 Å². The molecule has 0 spiro atoms. The van der Waals surface area contributed by atoms with E-state index in [1.54, 1.807) is 60.0 Å². The first-order chi connectivity index (χ1) is 58.9. The Labute approximate surface area is 759 Å². The maximum Gasteiger partial charge on any atom is 0.410 e. The van der Waals surface area contributed by atoms with Crippen LogP contribution in [-0.2, 0) is 57.2 Å². The Kier molecular flexibility index (Phi) is 35.5. The van der Waals surface area contributed by atoms with Gasteiger partial charge >= 0.3 is 18.2 Å². The van der Waals surface area contributed by atoms with Gasteiger partial charge in [-0.3, -0.25) is 34.3 Å². The number of aromatic carboxylic acids is 1. The zero-order valence-corrected chi connectivity index (χ0v) is 80.8. The molecule has 670 valence electrons. The molecule has 3 aliphatic rings. The minimum absolute atomic E-state index is 0.00687. The first kappa shape index (κ1) is 99.6. The van der Waals surface area contributed by atoms with Crippen molar-refractivity contribution < 1.29 is 52.5 Å². The molecule has 9 atom stereocenters. The molecule has 3 fully saturated rings. The number of nitrogens with one attached hydrogen (secondary N) is 1. The van der Waals surface area contributed by atoms with E-state index < -0.39 is 39.9 Å². The van der Waals surface area contributed by atoms with Crippen LogP contribution in [0.15, 0.2) is 219 Å². The fourth-order valence-corrected chi connectivity index (χ4v) is 18.6. The molecule has 2 saturated heterocycles. The third-order valence-corrected chi connectivity index (χ3v) is 33.9. The lowest BCUT2D eigenvalue weighted by Crippen LogP contribution is -2.50. The number of carbonyl (C=O) groups excluding carboxylic acids is 4. The van der Waals surface area contributed by atoms with E-state index in [4.69, 9.17) is 53.1 Å². The number of ether oxygens (including phenoxy) is 2. The maximum atomic E-state index is 14.0. The van der Waals surface area contributed by atoms with E-state index in [-0.39, 0.29) is 81.9 Å². The van der Waals surface area contributed by atoms with Crippen molar-refractivity contribution in [2.45, 2.75) is 257 Å². The van der Waals surface area contributed by atoms with Gasteiger partial charge in [0.05, 0.1) is 36.0 Å². The van der Waals surface area contributed by atoms with Crippen LogP contribution in [-0.4, -0.2) is 148 Å². The molecule has 9 aromatic rings. The lowest BCUT2D eigenvalue weighted by atomic mass is 9.91. The highest BCUT2D eigenvalue weighted by molar-refractivity contribution is 6.74. The SMILES string of the molecule is CC(C)(C)OC(=O)N1[C@H](Cc2ccc(C(=O)O)cc2)CC[C@@H]1[C@H](O[Si](C)(C)C(C)(C)C)c1ccc(Cl)cc1.CN(Cc1cccnc1)C(=O)c1ccc(C[C@@H]2CC[C@H]([C@H](O)c3ccc(Cl)cc3)C2)cc1.CN(Cc1cccnc1)C(=O)c1ccc(C[C@@H]2CC[C@H]([C@H](O[Si](C)(C)C(C)(C)C)c3ccc(Cl)cc3)N2C(=O)OC(C)(C)C)cc1.CNCc1cccnc1. The van der Waals surface area contributed by atoms with Crippen molar-refractivity contribution in [1.82, 2.24) is 39.9 Å². The number of aliphatic hydroxyl groups excluding tert-OH is 1. The second kappa shape index (κ2) is 44.5. The summed E-state index contributed by atoms with van der Waals surface area (Å²) in [4.78, 5) is 84.3. The number of hydrogen-bond donors (Lipinski definition) is 3. The Hall–Kier alpha value is -9.14. The van der Waals surface area contributed by atoms with E-state index in [1.807, 2.05) is 229 Å². The number of amides is 4. The molecule has 3 aromatic heterocycles. The summed E-state index contributed by atoms with van der Waals surface area (Å²) in [5, 5.41) is 25.0.